The minimum absolute atomic E-state index is 0.0771. The Bertz CT molecular complexity index is 712. The molecule has 0 amide bonds. The Morgan fingerprint density at radius 2 is 1.48 bits per heavy atom. The minimum atomic E-state index is -0.352. The fraction of sp³-hybridized carbons (Fsp3) is 0.368. The first-order valence-electron chi connectivity index (χ1n) is 8.26. The summed E-state index contributed by atoms with van der Waals surface area (Å²) >= 11 is 12.3. The average Bonchev–Trinajstić information content (AvgIpc) is 3.12. The molecule has 3 atom stereocenters. The molecule has 0 radical (unpaired) electrons. The van der Waals surface area contributed by atoms with Gasteiger partial charge in [-0.05, 0) is 41.8 Å². The van der Waals surface area contributed by atoms with E-state index in [9.17, 15) is 5.11 Å². The topological polar surface area (TPSA) is 41.9 Å². The molecule has 2 aliphatic rings. The fourth-order valence-corrected chi connectivity index (χ4v) is 4.15. The largest absolute Gasteiger partial charge is 0.396 e. The van der Waals surface area contributed by atoms with Gasteiger partial charge in [0.25, 0.3) is 0 Å². The maximum atomic E-state index is 9.59. The van der Waals surface area contributed by atoms with Crippen molar-refractivity contribution in [3.63, 3.8) is 0 Å². The van der Waals surface area contributed by atoms with E-state index in [2.05, 4.69) is 4.90 Å². The molecule has 0 saturated carbocycles. The Labute approximate surface area is 156 Å². The second-order valence-corrected chi connectivity index (χ2v) is 7.41. The first kappa shape index (κ1) is 17.3. The molecule has 2 aliphatic heterocycles. The number of fused-ring (bicyclic) bond motifs is 1. The molecule has 4 rings (SSSR count). The molecule has 0 bridgehead atoms. The number of hydrogen-bond donors (Lipinski definition) is 1. The van der Waals surface area contributed by atoms with Gasteiger partial charge in [0, 0.05) is 16.7 Å². The van der Waals surface area contributed by atoms with E-state index in [1.54, 1.807) is 0 Å². The van der Waals surface area contributed by atoms with Crippen LogP contribution in [-0.2, 0) is 9.47 Å². The molecule has 2 saturated heterocycles. The molecule has 0 spiro atoms. The first-order chi connectivity index (χ1) is 12.1. The van der Waals surface area contributed by atoms with E-state index < -0.39 is 0 Å². The molecule has 2 unspecified atom stereocenters. The number of nitrogens with zero attached hydrogens (tertiary/aromatic N) is 1. The highest BCUT2D eigenvalue weighted by Gasteiger charge is 2.56. The number of aliphatic hydroxyl groups is 1. The SMILES string of the molecule is OCCC12COC(c3cccc(Cl)c3)N1[C@H](c1cccc(Cl)c1)OC2. The number of rotatable bonds is 4. The van der Waals surface area contributed by atoms with Crippen LogP contribution in [-0.4, -0.2) is 35.4 Å². The third-order valence-electron chi connectivity index (χ3n) is 4.92. The van der Waals surface area contributed by atoms with Crippen LogP contribution in [0.15, 0.2) is 48.5 Å². The fourth-order valence-electron chi connectivity index (χ4n) is 3.76. The van der Waals surface area contributed by atoms with Crippen LogP contribution in [0.4, 0.5) is 0 Å². The lowest BCUT2D eigenvalue weighted by molar-refractivity contribution is -0.0623. The van der Waals surface area contributed by atoms with Crippen molar-refractivity contribution in [3.8, 4) is 0 Å². The second kappa shape index (κ2) is 6.88. The Morgan fingerprint density at radius 1 is 0.960 bits per heavy atom. The van der Waals surface area contributed by atoms with Gasteiger partial charge >= 0.3 is 0 Å². The number of aliphatic hydroxyl groups excluding tert-OH is 1. The van der Waals surface area contributed by atoms with E-state index in [0.29, 0.717) is 29.7 Å². The predicted octanol–water partition coefficient (Wildman–Crippen LogP) is 4.17. The molecule has 2 heterocycles. The molecular formula is C19H19Cl2NO3. The molecule has 2 aromatic carbocycles. The highest BCUT2D eigenvalue weighted by molar-refractivity contribution is 6.30. The zero-order valence-electron chi connectivity index (χ0n) is 13.6. The lowest BCUT2D eigenvalue weighted by atomic mass is 9.96. The summed E-state index contributed by atoms with van der Waals surface area (Å²) in [5.74, 6) is 0. The van der Waals surface area contributed by atoms with Crippen molar-refractivity contribution in [1.82, 2.24) is 4.90 Å². The predicted molar refractivity (Wildman–Crippen MR) is 96.6 cm³/mol. The molecule has 6 heteroatoms. The second-order valence-electron chi connectivity index (χ2n) is 6.54. The lowest BCUT2D eigenvalue weighted by Crippen LogP contribution is -2.45. The van der Waals surface area contributed by atoms with Gasteiger partial charge in [0.2, 0.25) is 0 Å². The van der Waals surface area contributed by atoms with Crippen LogP contribution < -0.4 is 0 Å². The zero-order valence-corrected chi connectivity index (χ0v) is 15.1. The summed E-state index contributed by atoms with van der Waals surface area (Å²) in [5, 5.41) is 10.9. The third kappa shape index (κ3) is 3.08. The first-order valence-corrected chi connectivity index (χ1v) is 9.02. The quantitative estimate of drug-likeness (QED) is 0.865. The van der Waals surface area contributed by atoms with E-state index in [-0.39, 0.29) is 24.6 Å². The maximum absolute atomic E-state index is 9.59. The van der Waals surface area contributed by atoms with Gasteiger partial charge in [-0.3, -0.25) is 0 Å². The monoisotopic (exact) mass is 379 g/mol. The maximum Gasteiger partial charge on any atom is 0.139 e. The molecule has 25 heavy (non-hydrogen) atoms. The van der Waals surface area contributed by atoms with Gasteiger partial charge in [0.1, 0.15) is 12.5 Å². The van der Waals surface area contributed by atoms with Crippen molar-refractivity contribution < 1.29 is 14.6 Å². The smallest absolute Gasteiger partial charge is 0.139 e. The molecule has 4 nitrogen and oxygen atoms in total. The summed E-state index contributed by atoms with van der Waals surface area (Å²) in [7, 11) is 0. The molecule has 1 N–H and O–H groups in total. The van der Waals surface area contributed by atoms with Gasteiger partial charge in [0.05, 0.1) is 18.8 Å². The summed E-state index contributed by atoms with van der Waals surface area (Å²) in [4.78, 5) is 2.21. The highest BCUT2D eigenvalue weighted by atomic mass is 35.5. The Morgan fingerprint density at radius 3 is 1.92 bits per heavy atom. The number of halogens is 2. The lowest BCUT2D eigenvalue weighted by Gasteiger charge is -2.34. The van der Waals surface area contributed by atoms with Crippen molar-refractivity contribution >= 4 is 23.2 Å². The minimum Gasteiger partial charge on any atom is -0.396 e. The van der Waals surface area contributed by atoms with Crippen LogP contribution in [0.3, 0.4) is 0 Å². The Kier molecular flexibility index (Phi) is 4.75. The Balaban J connectivity index is 1.75. The van der Waals surface area contributed by atoms with Crippen molar-refractivity contribution in [2.24, 2.45) is 0 Å². The van der Waals surface area contributed by atoms with Gasteiger partial charge < -0.3 is 14.6 Å². The van der Waals surface area contributed by atoms with E-state index in [1.807, 2.05) is 48.5 Å². The molecular weight excluding hydrogens is 361 g/mol. The zero-order chi connectivity index (χ0) is 17.4. The van der Waals surface area contributed by atoms with Crippen LogP contribution in [0.1, 0.15) is 30.0 Å². The standard InChI is InChI=1S/C19H19Cl2NO3/c20-15-5-1-3-13(9-15)17-22-18(14-4-2-6-16(21)10-14)25-12-19(22,7-8-23)11-24-17/h1-6,9-10,17-18,23H,7-8,11-12H2/t17-,18?,19?/m0/s1. The summed E-state index contributed by atoms with van der Waals surface area (Å²) in [6.07, 6.45) is 0.0228. The van der Waals surface area contributed by atoms with Gasteiger partial charge in [-0.2, -0.15) is 0 Å². The molecule has 2 aromatic rings. The molecule has 2 fully saturated rings. The van der Waals surface area contributed by atoms with Crippen molar-refractivity contribution in [1.29, 1.82) is 0 Å². The molecule has 0 aromatic heterocycles. The number of benzene rings is 2. The summed E-state index contributed by atoms with van der Waals surface area (Å²) < 4.78 is 12.3. The van der Waals surface area contributed by atoms with Gasteiger partial charge in [-0.15, -0.1) is 0 Å². The summed E-state index contributed by atoms with van der Waals surface area (Å²) in [6.45, 7) is 1.08. The van der Waals surface area contributed by atoms with Gasteiger partial charge in [-0.25, -0.2) is 4.90 Å². The van der Waals surface area contributed by atoms with E-state index in [1.165, 1.54) is 0 Å². The van der Waals surface area contributed by atoms with Crippen LogP contribution >= 0.6 is 23.2 Å². The third-order valence-corrected chi connectivity index (χ3v) is 5.39. The van der Waals surface area contributed by atoms with Crippen LogP contribution in [0.2, 0.25) is 10.0 Å². The van der Waals surface area contributed by atoms with E-state index in [0.717, 1.165) is 11.1 Å². The van der Waals surface area contributed by atoms with Crippen molar-refractivity contribution in [3.05, 3.63) is 69.7 Å². The highest BCUT2D eigenvalue weighted by Crippen LogP contribution is 2.50. The van der Waals surface area contributed by atoms with Gasteiger partial charge in [0.15, 0.2) is 0 Å². The molecule has 132 valence electrons. The Hall–Kier alpha value is -1.14. The van der Waals surface area contributed by atoms with E-state index in [4.69, 9.17) is 32.7 Å². The molecule has 0 aliphatic carbocycles. The van der Waals surface area contributed by atoms with Crippen LogP contribution in [0, 0.1) is 0 Å². The number of hydrogen-bond acceptors (Lipinski definition) is 4. The average molecular weight is 380 g/mol. The van der Waals surface area contributed by atoms with Crippen LogP contribution in [0.5, 0.6) is 0 Å². The van der Waals surface area contributed by atoms with Crippen molar-refractivity contribution in [2.45, 2.75) is 24.4 Å². The summed E-state index contributed by atoms with van der Waals surface area (Å²) in [5.41, 5.74) is 1.60. The van der Waals surface area contributed by atoms with Crippen LogP contribution in [0.25, 0.3) is 0 Å². The van der Waals surface area contributed by atoms with E-state index >= 15 is 0 Å². The number of ether oxygens (including phenoxy) is 2. The van der Waals surface area contributed by atoms with Crippen molar-refractivity contribution in [2.75, 3.05) is 19.8 Å². The normalized spacial score (nSPS) is 29.1. The van der Waals surface area contributed by atoms with Gasteiger partial charge in [-0.1, -0.05) is 47.5 Å². The summed E-state index contributed by atoms with van der Waals surface area (Å²) in [6, 6.07) is 15.3.